The smallest absolute Gasteiger partial charge is 0.211 e. The van der Waals surface area contributed by atoms with Gasteiger partial charge in [0.15, 0.2) is 0 Å². The van der Waals surface area contributed by atoms with Crippen LogP contribution in [0.1, 0.15) is 25.7 Å². The summed E-state index contributed by atoms with van der Waals surface area (Å²) in [6, 6.07) is 0.564. The molecule has 0 saturated carbocycles. The van der Waals surface area contributed by atoms with Gasteiger partial charge in [0.1, 0.15) is 0 Å². The van der Waals surface area contributed by atoms with E-state index in [0.29, 0.717) is 18.3 Å². The number of hydrogen-bond donors (Lipinski definition) is 1. The van der Waals surface area contributed by atoms with Crippen LogP contribution in [0.3, 0.4) is 0 Å². The molecule has 2 rings (SSSR count). The summed E-state index contributed by atoms with van der Waals surface area (Å²) in [7, 11) is -3.13. The molecule has 0 bridgehead atoms. The van der Waals surface area contributed by atoms with E-state index in [1.807, 2.05) is 0 Å². The largest absolute Gasteiger partial charge is 0.299 e. The molecule has 6 heteroatoms. The number of nitrogens with one attached hydrogen (secondary N) is 1. The summed E-state index contributed by atoms with van der Waals surface area (Å²) in [4.78, 5) is 2.40. The minimum absolute atomic E-state index is 0.128. The van der Waals surface area contributed by atoms with Crippen molar-refractivity contribution in [2.75, 3.05) is 24.7 Å². The Bertz CT molecular complexity index is 334. The fourth-order valence-corrected chi connectivity index (χ4v) is 4.42. The van der Waals surface area contributed by atoms with Crippen LogP contribution in [0, 0.1) is 0 Å². The Morgan fingerprint density at radius 1 is 1.31 bits per heavy atom. The lowest BCUT2D eigenvalue weighted by molar-refractivity contribution is 0.309. The number of hydrogen-bond acceptors (Lipinski definition) is 3. The Labute approximate surface area is 102 Å². The molecular formula is C10H19ClN2O2S. The van der Waals surface area contributed by atoms with E-state index in [2.05, 4.69) is 9.62 Å². The summed E-state index contributed by atoms with van der Waals surface area (Å²) >= 11 is 5.51. The molecule has 2 saturated heterocycles. The highest BCUT2D eigenvalue weighted by atomic mass is 35.5. The molecule has 1 N–H and O–H groups in total. The van der Waals surface area contributed by atoms with Crippen LogP contribution in [0.15, 0.2) is 0 Å². The number of rotatable bonds is 5. The second-order valence-corrected chi connectivity index (χ2v) is 6.87. The topological polar surface area (TPSA) is 49.4 Å². The lowest BCUT2D eigenvalue weighted by atomic mass is 10.1. The van der Waals surface area contributed by atoms with Gasteiger partial charge in [-0.3, -0.25) is 4.90 Å². The first-order valence-electron chi connectivity index (χ1n) is 5.92. The van der Waals surface area contributed by atoms with Gasteiger partial charge in [0.2, 0.25) is 10.0 Å². The summed E-state index contributed by atoms with van der Waals surface area (Å²) in [5, 5.41) is 0. The molecule has 0 aromatic carbocycles. The van der Waals surface area contributed by atoms with Crippen LogP contribution < -0.4 is 4.72 Å². The minimum Gasteiger partial charge on any atom is -0.299 e. The monoisotopic (exact) mass is 266 g/mol. The molecule has 0 aliphatic carbocycles. The lowest BCUT2D eigenvalue weighted by Crippen LogP contribution is -2.43. The highest BCUT2D eigenvalue weighted by Gasteiger charge is 2.38. The zero-order chi connectivity index (χ0) is 11.6. The van der Waals surface area contributed by atoms with Crippen molar-refractivity contribution in [2.24, 2.45) is 0 Å². The number of nitrogens with zero attached hydrogens (tertiary/aromatic N) is 1. The highest BCUT2D eigenvalue weighted by Crippen LogP contribution is 2.28. The molecule has 2 aliphatic rings. The summed E-state index contributed by atoms with van der Waals surface area (Å²) in [5.41, 5.74) is 0. The molecule has 2 atom stereocenters. The Morgan fingerprint density at radius 3 is 2.88 bits per heavy atom. The van der Waals surface area contributed by atoms with Crippen LogP contribution in [0.4, 0.5) is 0 Å². The van der Waals surface area contributed by atoms with Gasteiger partial charge in [0, 0.05) is 24.5 Å². The van der Waals surface area contributed by atoms with Crippen LogP contribution in [0.5, 0.6) is 0 Å². The maximum absolute atomic E-state index is 11.7. The number of alkyl halides is 1. The SMILES string of the molecule is O=S(=O)(CCCCl)NC1CCN2CCCC12. The van der Waals surface area contributed by atoms with E-state index in [-0.39, 0.29) is 11.8 Å². The van der Waals surface area contributed by atoms with E-state index in [1.165, 1.54) is 6.42 Å². The zero-order valence-corrected chi connectivity index (χ0v) is 10.9. The molecule has 0 amide bonds. The first kappa shape index (κ1) is 12.6. The van der Waals surface area contributed by atoms with Crippen molar-refractivity contribution in [1.82, 2.24) is 9.62 Å². The average Bonchev–Trinajstić information content (AvgIpc) is 2.80. The van der Waals surface area contributed by atoms with Gasteiger partial charge in [0.05, 0.1) is 5.75 Å². The van der Waals surface area contributed by atoms with E-state index in [0.717, 1.165) is 25.9 Å². The van der Waals surface area contributed by atoms with Crippen molar-refractivity contribution in [3.05, 3.63) is 0 Å². The van der Waals surface area contributed by atoms with Crippen LogP contribution in [-0.4, -0.2) is 50.1 Å². The third-order valence-corrected chi connectivity index (χ3v) is 5.24. The van der Waals surface area contributed by atoms with E-state index >= 15 is 0 Å². The van der Waals surface area contributed by atoms with Gasteiger partial charge >= 0.3 is 0 Å². The van der Waals surface area contributed by atoms with Crippen molar-refractivity contribution in [3.8, 4) is 0 Å². The van der Waals surface area contributed by atoms with E-state index in [9.17, 15) is 8.42 Å². The molecular weight excluding hydrogens is 248 g/mol. The second-order valence-electron chi connectivity index (χ2n) is 4.62. The number of sulfonamides is 1. The first-order valence-corrected chi connectivity index (χ1v) is 8.11. The van der Waals surface area contributed by atoms with Gasteiger partial charge < -0.3 is 0 Å². The predicted molar refractivity (Wildman–Crippen MR) is 65.3 cm³/mol. The third-order valence-electron chi connectivity index (χ3n) is 3.48. The van der Waals surface area contributed by atoms with Crippen molar-refractivity contribution in [1.29, 1.82) is 0 Å². The second kappa shape index (κ2) is 5.21. The molecule has 0 aromatic heterocycles. The minimum atomic E-state index is -3.13. The van der Waals surface area contributed by atoms with Crippen LogP contribution in [-0.2, 0) is 10.0 Å². The molecule has 2 fully saturated rings. The average molecular weight is 267 g/mol. The maximum atomic E-state index is 11.7. The van der Waals surface area contributed by atoms with E-state index in [1.54, 1.807) is 0 Å². The van der Waals surface area contributed by atoms with Crippen LogP contribution in [0.2, 0.25) is 0 Å². The van der Waals surface area contributed by atoms with Crippen molar-refractivity contribution in [3.63, 3.8) is 0 Å². The van der Waals surface area contributed by atoms with Crippen LogP contribution in [0.25, 0.3) is 0 Å². The summed E-state index contributed by atoms with van der Waals surface area (Å²) < 4.78 is 26.3. The zero-order valence-electron chi connectivity index (χ0n) is 9.36. The molecule has 2 unspecified atom stereocenters. The fraction of sp³-hybridized carbons (Fsp3) is 1.00. The normalized spacial score (nSPS) is 30.8. The Balaban J connectivity index is 1.89. The summed E-state index contributed by atoms with van der Waals surface area (Å²) in [6.45, 7) is 2.16. The van der Waals surface area contributed by atoms with Crippen molar-refractivity contribution >= 4 is 21.6 Å². The Morgan fingerprint density at radius 2 is 2.12 bits per heavy atom. The number of fused-ring (bicyclic) bond motifs is 1. The van der Waals surface area contributed by atoms with Crippen molar-refractivity contribution < 1.29 is 8.42 Å². The van der Waals surface area contributed by atoms with E-state index in [4.69, 9.17) is 11.6 Å². The predicted octanol–water partition coefficient (Wildman–Crippen LogP) is 0.771. The fourth-order valence-electron chi connectivity index (χ4n) is 2.75. The molecule has 0 aromatic rings. The van der Waals surface area contributed by atoms with Gasteiger partial charge in [-0.05, 0) is 32.2 Å². The van der Waals surface area contributed by atoms with Gasteiger partial charge in [-0.15, -0.1) is 11.6 Å². The Kier molecular flexibility index (Phi) is 4.11. The molecule has 16 heavy (non-hydrogen) atoms. The van der Waals surface area contributed by atoms with Crippen LogP contribution >= 0.6 is 11.6 Å². The van der Waals surface area contributed by atoms with Gasteiger partial charge in [-0.2, -0.15) is 0 Å². The molecule has 4 nitrogen and oxygen atoms in total. The third kappa shape index (κ3) is 2.88. The Hall–Kier alpha value is 0.160. The highest BCUT2D eigenvalue weighted by molar-refractivity contribution is 7.89. The maximum Gasteiger partial charge on any atom is 0.211 e. The molecule has 2 aliphatic heterocycles. The van der Waals surface area contributed by atoms with Crippen molar-refractivity contribution in [2.45, 2.75) is 37.8 Å². The van der Waals surface area contributed by atoms with Gasteiger partial charge in [-0.25, -0.2) is 13.1 Å². The summed E-state index contributed by atoms with van der Waals surface area (Å²) in [5.74, 6) is 0.556. The van der Waals surface area contributed by atoms with E-state index < -0.39 is 10.0 Å². The van der Waals surface area contributed by atoms with Gasteiger partial charge in [0.25, 0.3) is 0 Å². The lowest BCUT2D eigenvalue weighted by Gasteiger charge is -2.21. The summed E-state index contributed by atoms with van der Waals surface area (Å²) in [6.07, 6.45) is 3.80. The first-order chi connectivity index (χ1) is 7.62. The molecule has 0 spiro atoms. The molecule has 94 valence electrons. The molecule has 0 radical (unpaired) electrons. The molecule has 2 heterocycles. The standard InChI is InChI=1S/C10H19ClN2O2S/c11-5-2-8-16(14,15)12-9-4-7-13-6-1-3-10(9)13/h9-10,12H,1-8H2. The quantitative estimate of drug-likeness (QED) is 0.748. The number of halogens is 1. The van der Waals surface area contributed by atoms with Gasteiger partial charge in [-0.1, -0.05) is 0 Å².